The van der Waals surface area contributed by atoms with E-state index in [1.165, 1.54) is 6.07 Å². The molecule has 20 heavy (non-hydrogen) atoms. The molecule has 0 aromatic heterocycles. The van der Waals surface area contributed by atoms with Crippen LogP contribution in [-0.4, -0.2) is 43.0 Å². The van der Waals surface area contributed by atoms with Crippen molar-refractivity contribution in [2.45, 2.75) is 19.5 Å². The number of carbonyl (C=O) groups excluding carboxylic acids is 1. The van der Waals surface area contributed by atoms with Gasteiger partial charge in [-0.2, -0.15) is 0 Å². The highest BCUT2D eigenvalue weighted by molar-refractivity contribution is 9.10. The topological polar surface area (TPSA) is 44.4 Å². The number of benzene rings is 1. The predicted molar refractivity (Wildman–Crippen MR) is 79.9 cm³/mol. The van der Waals surface area contributed by atoms with Crippen molar-refractivity contribution in [1.29, 1.82) is 0 Å². The maximum absolute atomic E-state index is 13.6. The van der Waals surface area contributed by atoms with Crippen molar-refractivity contribution in [2.75, 3.05) is 26.2 Å². The molecule has 1 aromatic carbocycles. The lowest BCUT2D eigenvalue weighted by Crippen LogP contribution is -2.57. The van der Waals surface area contributed by atoms with Crippen molar-refractivity contribution in [3.8, 4) is 0 Å². The first-order valence-corrected chi connectivity index (χ1v) is 7.57. The molecule has 1 unspecified atom stereocenters. The van der Waals surface area contributed by atoms with E-state index in [1.807, 2.05) is 13.0 Å². The molecule has 0 spiro atoms. The first-order valence-electron chi connectivity index (χ1n) is 6.78. The first-order chi connectivity index (χ1) is 9.61. The Morgan fingerprint density at radius 3 is 3.10 bits per heavy atom. The number of rotatable bonds is 4. The molecule has 1 saturated heterocycles. The lowest BCUT2D eigenvalue weighted by atomic mass is 10.1. The van der Waals surface area contributed by atoms with Crippen LogP contribution >= 0.6 is 15.9 Å². The molecular weight excluding hydrogens is 325 g/mol. The van der Waals surface area contributed by atoms with Crippen LogP contribution < -0.4 is 10.6 Å². The van der Waals surface area contributed by atoms with Gasteiger partial charge in [-0.05, 0) is 40.5 Å². The van der Waals surface area contributed by atoms with Crippen molar-refractivity contribution in [3.63, 3.8) is 0 Å². The van der Waals surface area contributed by atoms with E-state index in [0.29, 0.717) is 24.1 Å². The fourth-order valence-electron chi connectivity index (χ4n) is 2.36. The molecule has 1 atom stereocenters. The summed E-state index contributed by atoms with van der Waals surface area (Å²) < 4.78 is 14.0. The third-order valence-corrected chi connectivity index (χ3v) is 4.02. The number of hydrogen-bond acceptors (Lipinski definition) is 3. The van der Waals surface area contributed by atoms with Gasteiger partial charge in [-0.15, -0.1) is 0 Å². The molecule has 2 rings (SSSR count). The molecule has 6 heteroatoms. The summed E-state index contributed by atoms with van der Waals surface area (Å²) >= 11 is 3.15. The van der Waals surface area contributed by atoms with Gasteiger partial charge in [0.25, 0.3) is 0 Å². The first kappa shape index (κ1) is 15.4. The second kappa shape index (κ2) is 7.15. The number of amides is 1. The molecule has 1 aliphatic rings. The summed E-state index contributed by atoms with van der Waals surface area (Å²) in [6.07, 6.45) is 0. The van der Waals surface area contributed by atoms with E-state index in [4.69, 9.17) is 0 Å². The molecule has 0 aliphatic carbocycles. The highest BCUT2D eigenvalue weighted by Gasteiger charge is 2.28. The molecule has 1 aliphatic heterocycles. The van der Waals surface area contributed by atoms with Crippen molar-refractivity contribution in [2.24, 2.45) is 0 Å². The van der Waals surface area contributed by atoms with Gasteiger partial charge in [0.2, 0.25) is 5.91 Å². The van der Waals surface area contributed by atoms with Gasteiger partial charge in [-0.3, -0.25) is 9.69 Å². The molecule has 0 saturated carbocycles. The second-order valence-corrected chi connectivity index (χ2v) is 5.69. The Balaban J connectivity index is 2.08. The van der Waals surface area contributed by atoms with Gasteiger partial charge in [0.15, 0.2) is 0 Å². The number of likely N-dealkylation sites (N-methyl/N-ethyl adjacent to an activating group) is 1. The van der Waals surface area contributed by atoms with E-state index in [9.17, 15) is 9.18 Å². The van der Waals surface area contributed by atoms with Gasteiger partial charge in [0.05, 0.1) is 4.47 Å². The lowest BCUT2D eigenvalue weighted by Gasteiger charge is -2.35. The number of nitrogens with zero attached hydrogens (tertiary/aromatic N) is 1. The summed E-state index contributed by atoms with van der Waals surface area (Å²) in [6.45, 7) is 5.35. The van der Waals surface area contributed by atoms with Gasteiger partial charge in [-0.1, -0.05) is 6.07 Å². The number of nitrogens with one attached hydrogen (secondary N) is 2. The fourth-order valence-corrected chi connectivity index (χ4v) is 2.61. The zero-order valence-corrected chi connectivity index (χ0v) is 13.0. The molecule has 1 heterocycles. The Hall–Kier alpha value is -0.980. The molecular formula is C14H19BrFN3O. The van der Waals surface area contributed by atoms with Crippen LogP contribution in [-0.2, 0) is 11.3 Å². The van der Waals surface area contributed by atoms with Crippen molar-refractivity contribution < 1.29 is 9.18 Å². The fraction of sp³-hybridized carbons (Fsp3) is 0.500. The Bertz CT molecular complexity index is 483. The summed E-state index contributed by atoms with van der Waals surface area (Å²) in [5.74, 6) is -0.246. The Morgan fingerprint density at radius 2 is 2.40 bits per heavy atom. The minimum absolute atomic E-state index is 0.0253. The molecule has 1 amide bonds. The average molecular weight is 344 g/mol. The van der Waals surface area contributed by atoms with Crippen LogP contribution in [0.15, 0.2) is 22.7 Å². The maximum atomic E-state index is 13.6. The quantitative estimate of drug-likeness (QED) is 0.870. The highest BCUT2D eigenvalue weighted by Crippen LogP contribution is 2.18. The van der Waals surface area contributed by atoms with Crippen LogP contribution in [0.25, 0.3) is 0 Å². The lowest BCUT2D eigenvalue weighted by molar-refractivity contribution is -0.127. The zero-order valence-electron chi connectivity index (χ0n) is 11.5. The van der Waals surface area contributed by atoms with Gasteiger partial charge in [-0.25, -0.2) is 4.39 Å². The van der Waals surface area contributed by atoms with Crippen LogP contribution in [0.1, 0.15) is 12.5 Å². The highest BCUT2D eigenvalue weighted by atomic mass is 79.9. The normalized spacial score (nSPS) is 19.9. The third-order valence-electron chi connectivity index (χ3n) is 3.38. The largest absolute Gasteiger partial charge is 0.355 e. The van der Waals surface area contributed by atoms with E-state index in [2.05, 4.69) is 31.5 Å². The summed E-state index contributed by atoms with van der Waals surface area (Å²) in [5.41, 5.74) is 0.877. The standard InChI is InChI=1S/C14H19BrFN3O/c1-2-18-14(20)13-8-17-5-6-19(13)9-10-3-4-11(15)12(16)7-10/h3-4,7,13,17H,2,5-6,8-9H2,1H3,(H,18,20). The molecule has 1 aromatic rings. The monoisotopic (exact) mass is 343 g/mol. The van der Waals surface area contributed by atoms with E-state index in [0.717, 1.165) is 18.7 Å². The van der Waals surface area contributed by atoms with Crippen LogP contribution in [0, 0.1) is 5.82 Å². The van der Waals surface area contributed by atoms with E-state index in [-0.39, 0.29) is 17.8 Å². The molecule has 2 N–H and O–H groups in total. The average Bonchev–Trinajstić information content (AvgIpc) is 2.44. The Kier molecular flexibility index (Phi) is 5.51. The molecule has 110 valence electrons. The van der Waals surface area contributed by atoms with Crippen LogP contribution in [0.3, 0.4) is 0 Å². The SMILES string of the molecule is CCNC(=O)C1CNCCN1Cc1ccc(Br)c(F)c1. The second-order valence-electron chi connectivity index (χ2n) is 4.83. The third kappa shape index (κ3) is 3.77. The maximum Gasteiger partial charge on any atom is 0.238 e. The Labute approximate surface area is 126 Å². The number of hydrogen-bond donors (Lipinski definition) is 2. The van der Waals surface area contributed by atoms with Crippen LogP contribution in [0.4, 0.5) is 4.39 Å². The van der Waals surface area contributed by atoms with Crippen molar-refractivity contribution in [1.82, 2.24) is 15.5 Å². The predicted octanol–water partition coefficient (Wildman–Crippen LogP) is 1.50. The Morgan fingerprint density at radius 1 is 1.60 bits per heavy atom. The van der Waals surface area contributed by atoms with Gasteiger partial charge < -0.3 is 10.6 Å². The number of halogens is 2. The summed E-state index contributed by atoms with van der Waals surface area (Å²) in [7, 11) is 0. The van der Waals surface area contributed by atoms with Crippen LogP contribution in [0.5, 0.6) is 0 Å². The number of carbonyl (C=O) groups is 1. The van der Waals surface area contributed by atoms with Gasteiger partial charge >= 0.3 is 0 Å². The molecule has 4 nitrogen and oxygen atoms in total. The van der Waals surface area contributed by atoms with E-state index < -0.39 is 0 Å². The minimum Gasteiger partial charge on any atom is -0.355 e. The van der Waals surface area contributed by atoms with Crippen molar-refractivity contribution in [3.05, 3.63) is 34.1 Å². The smallest absolute Gasteiger partial charge is 0.238 e. The van der Waals surface area contributed by atoms with Gasteiger partial charge in [0.1, 0.15) is 11.9 Å². The summed E-state index contributed by atoms with van der Waals surface area (Å²) in [5, 5.41) is 6.08. The molecule has 0 radical (unpaired) electrons. The van der Waals surface area contributed by atoms with E-state index >= 15 is 0 Å². The van der Waals surface area contributed by atoms with Gasteiger partial charge in [0, 0.05) is 32.7 Å². The number of piperazine rings is 1. The van der Waals surface area contributed by atoms with Crippen molar-refractivity contribution >= 4 is 21.8 Å². The zero-order chi connectivity index (χ0) is 14.5. The molecule has 0 bridgehead atoms. The summed E-state index contributed by atoms with van der Waals surface area (Å²) in [4.78, 5) is 14.1. The van der Waals surface area contributed by atoms with Crippen LogP contribution in [0.2, 0.25) is 0 Å². The summed E-state index contributed by atoms with van der Waals surface area (Å²) in [6, 6.07) is 4.90. The molecule has 1 fully saturated rings. The van der Waals surface area contributed by atoms with E-state index in [1.54, 1.807) is 6.07 Å². The minimum atomic E-state index is -0.271.